The minimum atomic E-state index is -1.10. The monoisotopic (exact) mass is 562 g/mol. The van der Waals surface area contributed by atoms with Crippen molar-refractivity contribution in [3.8, 4) is 0 Å². The van der Waals surface area contributed by atoms with Crippen molar-refractivity contribution in [1.29, 1.82) is 0 Å². The fraction of sp³-hybridized carbons (Fsp3) is 0.941. The summed E-state index contributed by atoms with van der Waals surface area (Å²) in [5, 5.41) is 40.7. The van der Waals surface area contributed by atoms with E-state index in [-0.39, 0.29) is 24.5 Å². The molecule has 230 valence electrons. The number of allylic oxidation sites excluding steroid dienone is 1. The molecule has 5 rings (SSSR count). The Hall–Kier alpha value is -0.500. The van der Waals surface area contributed by atoms with Gasteiger partial charge in [-0.25, -0.2) is 0 Å². The molecule has 0 bridgehead atoms. The Labute approximate surface area is 242 Å². The van der Waals surface area contributed by atoms with Crippen molar-refractivity contribution in [2.75, 3.05) is 6.61 Å². The highest BCUT2D eigenvalue weighted by Crippen LogP contribution is 2.69. The lowest BCUT2D eigenvalue weighted by atomic mass is 9.43. The predicted molar refractivity (Wildman–Crippen MR) is 156 cm³/mol. The Bertz CT molecular complexity index is 924. The molecule has 4 N–H and O–H groups in total. The summed E-state index contributed by atoms with van der Waals surface area (Å²) >= 11 is 0. The fourth-order valence-electron chi connectivity index (χ4n) is 10.2. The Morgan fingerprint density at radius 2 is 1.70 bits per heavy atom. The van der Waals surface area contributed by atoms with Gasteiger partial charge in [-0.05, 0) is 106 Å². The molecule has 11 atom stereocenters. The summed E-state index contributed by atoms with van der Waals surface area (Å²) in [7, 11) is 0. The van der Waals surface area contributed by atoms with Gasteiger partial charge in [-0.1, -0.05) is 52.2 Å². The zero-order valence-corrected chi connectivity index (χ0v) is 26.1. The van der Waals surface area contributed by atoms with Crippen LogP contribution in [-0.2, 0) is 9.47 Å². The Morgan fingerprint density at radius 1 is 0.975 bits per heavy atom. The van der Waals surface area contributed by atoms with Gasteiger partial charge in [-0.15, -0.1) is 0 Å². The first-order chi connectivity index (χ1) is 18.7. The molecule has 0 amide bonds. The first kappa shape index (κ1) is 30.9. The van der Waals surface area contributed by atoms with Crippen LogP contribution in [0.2, 0.25) is 0 Å². The van der Waals surface area contributed by atoms with Crippen molar-refractivity contribution in [1.82, 2.24) is 0 Å². The highest BCUT2D eigenvalue weighted by Gasteiger charge is 2.62. The van der Waals surface area contributed by atoms with Gasteiger partial charge in [0.05, 0.1) is 30.5 Å². The molecule has 5 aliphatic rings. The lowest BCUT2D eigenvalue weighted by molar-refractivity contribution is -0.296. The van der Waals surface area contributed by atoms with Crippen LogP contribution in [0.4, 0.5) is 0 Å². The number of rotatable bonds is 8. The Morgan fingerprint density at radius 3 is 2.40 bits per heavy atom. The lowest BCUT2D eigenvalue weighted by Gasteiger charge is -2.62. The van der Waals surface area contributed by atoms with Crippen LogP contribution in [-0.4, -0.2) is 63.3 Å². The maximum atomic E-state index is 10.6. The third kappa shape index (κ3) is 5.48. The summed E-state index contributed by atoms with van der Waals surface area (Å²) in [5.74, 6) is 2.90. The molecule has 40 heavy (non-hydrogen) atoms. The van der Waals surface area contributed by atoms with Crippen LogP contribution in [0.25, 0.3) is 0 Å². The van der Waals surface area contributed by atoms with Crippen LogP contribution in [0, 0.1) is 39.9 Å². The zero-order chi connectivity index (χ0) is 29.1. The Balaban J connectivity index is 1.28. The summed E-state index contributed by atoms with van der Waals surface area (Å²) in [6.45, 7) is 13.5. The molecule has 0 aromatic carbocycles. The molecule has 0 radical (unpaired) electrons. The average molecular weight is 563 g/mol. The van der Waals surface area contributed by atoms with Crippen LogP contribution in [0.3, 0.4) is 0 Å². The van der Waals surface area contributed by atoms with Crippen LogP contribution >= 0.6 is 0 Å². The smallest absolute Gasteiger partial charge is 0.186 e. The second-order valence-corrected chi connectivity index (χ2v) is 16.0. The van der Waals surface area contributed by atoms with Crippen molar-refractivity contribution in [2.45, 2.75) is 155 Å². The zero-order valence-electron chi connectivity index (χ0n) is 26.1. The molecule has 6 nitrogen and oxygen atoms in total. The average Bonchev–Trinajstić information content (AvgIpc) is 3.21. The number of hydrogen-bond acceptors (Lipinski definition) is 6. The van der Waals surface area contributed by atoms with Crippen molar-refractivity contribution < 1.29 is 29.9 Å². The van der Waals surface area contributed by atoms with E-state index in [9.17, 15) is 20.4 Å². The van der Waals surface area contributed by atoms with Gasteiger partial charge in [0.1, 0.15) is 6.10 Å². The van der Waals surface area contributed by atoms with Gasteiger partial charge in [0.25, 0.3) is 0 Å². The SMILES string of the molecule is CC(C)(O)CCCCC1CCC2C3CC=C4C(CC[C@H](O[C@@H]5O[C@H](CO)C[C@H](O)[C@H]5O)C4(C)C)[C@]3(C)CC[C@]12C. The molecule has 0 spiro atoms. The van der Waals surface area contributed by atoms with E-state index in [1.54, 1.807) is 0 Å². The van der Waals surface area contributed by atoms with Crippen molar-refractivity contribution in [3.05, 3.63) is 11.6 Å². The largest absolute Gasteiger partial charge is 0.394 e. The summed E-state index contributed by atoms with van der Waals surface area (Å²) < 4.78 is 12.3. The molecular formula is C34H58O6. The highest BCUT2D eigenvalue weighted by molar-refractivity contribution is 5.29. The van der Waals surface area contributed by atoms with E-state index in [4.69, 9.17) is 9.47 Å². The van der Waals surface area contributed by atoms with Gasteiger partial charge in [-0.2, -0.15) is 0 Å². The number of aliphatic hydroxyl groups excluding tert-OH is 3. The van der Waals surface area contributed by atoms with Crippen LogP contribution in [0.15, 0.2) is 11.6 Å². The van der Waals surface area contributed by atoms with Crippen molar-refractivity contribution in [2.24, 2.45) is 39.9 Å². The van der Waals surface area contributed by atoms with Gasteiger partial charge in [0.15, 0.2) is 6.29 Å². The Kier molecular flexibility index (Phi) is 8.67. The predicted octanol–water partition coefficient (Wildman–Crippen LogP) is 5.75. The third-order valence-corrected chi connectivity index (χ3v) is 12.8. The second-order valence-electron chi connectivity index (χ2n) is 16.0. The van der Waals surface area contributed by atoms with Gasteiger partial charge >= 0.3 is 0 Å². The quantitative estimate of drug-likeness (QED) is 0.222. The molecule has 0 aromatic heterocycles. The molecule has 4 aliphatic carbocycles. The summed E-state index contributed by atoms with van der Waals surface area (Å²) in [6, 6.07) is 0. The van der Waals surface area contributed by atoms with E-state index in [0.717, 1.165) is 49.9 Å². The topological polar surface area (TPSA) is 99.4 Å². The second kappa shape index (κ2) is 11.2. The minimum Gasteiger partial charge on any atom is -0.394 e. The maximum absolute atomic E-state index is 10.6. The van der Waals surface area contributed by atoms with Crippen molar-refractivity contribution in [3.63, 3.8) is 0 Å². The van der Waals surface area contributed by atoms with E-state index in [0.29, 0.717) is 16.7 Å². The van der Waals surface area contributed by atoms with E-state index >= 15 is 0 Å². The molecule has 1 heterocycles. The van der Waals surface area contributed by atoms with Crippen LogP contribution in [0.1, 0.15) is 119 Å². The van der Waals surface area contributed by atoms with E-state index in [1.807, 2.05) is 13.8 Å². The lowest BCUT2D eigenvalue weighted by Crippen LogP contribution is -2.57. The highest BCUT2D eigenvalue weighted by atomic mass is 16.7. The third-order valence-electron chi connectivity index (χ3n) is 12.8. The molecule has 3 saturated carbocycles. The summed E-state index contributed by atoms with van der Waals surface area (Å²) in [4.78, 5) is 0. The first-order valence-electron chi connectivity index (χ1n) is 16.4. The molecule has 4 unspecified atom stereocenters. The fourth-order valence-corrected chi connectivity index (χ4v) is 10.2. The number of ether oxygens (including phenoxy) is 2. The van der Waals surface area contributed by atoms with Crippen LogP contribution < -0.4 is 0 Å². The molecule has 1 aliphatic heterocycles. The normalized spacial score (nSPS) is 46.8. The maximum Gasteiger partial charge on any atom is 0.186 e. The number of unbranched alkanes of at least 4 members (excludes halogenated alkanes) is 1. The first-order valence-corrected chi connectivity index (χ1v) is 16.4. The standard InChI is InChI=1S/C34H58O6/c1-31(2,38)16-8-7-9-21-10-11-25-26-13-12-23-24(34(26,6)18-17-33(21,25)5)14-15-28(32(23,3)4)40-30-29(37)27(36)19-22(20-35)39-30/h12,21-22,24-30,35-38H,7-11,13-20H2,1-6H3/t21?,22-,24?,25?,26?,27-,28-,29+,30-,33+,34-/m0/s1. The molecule has 1 saturated heterocycles. The molecular weight excluding hydrogens is 504 g/mol. The van der Waals surface area contributed by atoms with E-state index in [2.05, 4.69) is 33.8 Å². The summed E-state index contributed by atoms with van der Waals surface area (Å²) in [5.41, 5.74) is 1.54. The molecule has 0 aromatic rings. The van der Waals surface area contributed by atoms with Crippen LogP contribution in [0.5, 0.6) is 0 Å². The molecule has 6 heteroatoms. The molecule has 4 fully saturated rings. The van der Waals surface area contributed by atoms with Crippen molar-refractivity contribution >= 4 is 0 Å². The minimum absolute atomic E-state index is 0.104. The number of fused-ring (bicyclic) bond motifs is 5. The van der Waals surface area contributed by atoms with Gasteiger partial charge in [0, 0.05) is 11.8 Å². The van der Waals surface area contributed by atoms with Gasteiger partial charge < -0.3 is 29.9 Å². The number of aliphatic hydroxyl groups is 4. The number of hydrogen-bond donors (Lipinski definition) is 4. The van der Waals surface area contributed by atoms with E-state index in [1.165, 1.54) is 44.1 Å². The van der Waals surface area contributed by atoms with E-state index < -0.39 is 30.2 Å². The summed E-state index contributed by atoms with van der Waals surface area (Å²) in [6.07, 6.45) is 12.3. The van der Waals surface area contributed by atoms with Gasteiger partial charge in [-0.3, -0.25) is 0 Å². The van der Waals surface area contributed by atoms with Gasteiger partial charge in [0.2, 0.25) is 0 Å².